The molecule has 0 rings (SSSR count). The molecule has 0 aromatic rings. The number of hydrogen-bond donors (Lipinski definition) is 0. The lowest BCUT2D eigenvalue weighted by atomic mass is 10.3. The SMILES string of the molecule is CC(C)N(PN=P)C(C)C.O. The molecular formula is C6H18N2OP2. The first kappa shape index (κ1) is 14.0. The molecule has 0 aliphatic carbocycles. The van der Waals surface area contributed by atoms with Crippen molar-refractivity contribution in [3.05, 3.63) is 0 Å². The Balaban J connectivity index is 0. The molecule has 0 aliphatic rings. The van der Waals surface area contributed by atoms with Crippen molar-refractivity contribution in [2.45, 2.75) is 39.8 Å². The molecule has 3 nitrogen and oxygen atoms in total. The molecule has 5 heteroatoms. The minimum absolute atomic E-state index is 0. The summed E-state index contributed by atoms with van der Waals surface area (Å²) in [6.45, 7) is 8.74. The molecule has 0 fully saturated rings. The van der Waals surface area contributed by atoms with Crippen LogP contribution >= 0.6 is 17.9 Å². The summed E-state index contributed by atoms with van der Waals surface area (Å²) < 4.78 is 6.26. The van der Waals surface area contributed by atoms with Crippen LogP contribution in [0.5, 0.6) is 0 Å². The highest BCUT2D eigenvalue weighted by Crippen LogP contribution is 2.26. The Kier molecular flexibility index (Phi) is 9.06. The summed E-state index contributed by atoms with van der Waals surface area (Å²) in [4.78, 5) is 0. The second kappa shape index (κ2) is 7.12. The standard InChI is InChI=1S/C6H16N2P2.H2O/c1-5(2)8(6(3)4)10-7-9;/h5-6,9-10H,1-4H3;1H2. The van der Waals surface area contributed by atoms with Gasteiger partial charge in [-0.2, -0.15) is 0 Å². The van der Waals surface area contributed by atoms with E-state index in [4.69, 9.17) is 0 Å². The fourth-order valence-electron chi connectivity index (χ4n) is 0.885. The van der Waals surface area contributed by atoms with Crippen molar-refractivity contribution in [3.63, 3.8) is 0 Å². The van der Waals surface area contributed by atoms with Crippen LogP contribution in [0.4, 0.5) is 0 Å². The molecule has 0 spiro atoms. The van der Waals surface area contributed by atoms with E-state index >= 15 is 0 Å². The molecule has 0 amide bonds. The van der Waals surface area contributed by atoms with Crippen molar-refractivity contribution in [1.29, 1.82) is 0 Å². The fraction of sp³-hybridized carbons (Fsp3) is 1.00. The summed E-state index contributed by atoms with van der Waals surface area (Å²) in [6, 6.07) is 1.16. The van der Waals surface area contributed by atoms with Crippen LogP contribution in [0.15, 0.2) is 4.52 Å². The summed E-state index contributed by atoms with van der Waals surface area (Å²) in [5, 5.41) is 0. The second-order valence-electron chi connectivity index (χ2n) is 2.81. The summed E-state index contributed by atoms with van der Waals surface area (Å²) >= 11 is 0. The van der Waals surface area contributed by atoms with Gasteiger partial charge in [-0.05, 0) is 36.7 Å². The molecule has 0 saturated heterocycles. The van der Waals surface area contributed by atoms with Crippen LogP contribution in [0, 0.1) is 0 Å². The predicted octanol–water partition coefficient (Wildman–Crippen LogP) is 2.12. The van der Waals surface area contributed by atoms with Gasteiger partial charge in [0, 0.05) is 12.1 Å². The van der Waals surface area contributed by atoms with E-state index in [1.165, 1.54) is 0 Å². The van der Waals surface area contributed by atoms with Gasteiger partial charge in [0.1, 0.15) is 0 Å². The third-order valence-corrected chi connectivity index (χ3v) is 2.94. The van der Waals surface area contributed by atoms with E-state index in [1.807, 2.05) is 0 Å². The molecule has 0 bridgehead atoms. The van der Waals surface area contributed by atoms with Gasteiger partial charge >= 0.3 is 0 Å². The van der Waals surface area contributed by atoms with Crippen molar-refractivity contribution in [2.24, 2.45) is 4.52 Å². The Morgan fingerprint density at radius 3 is 1.64 bits per heavy atom. The Labute approximate surface area is 73.1 Å². The predicted molar refractivity (Wildman–Crippen MR) is 54.8 cm³/mol. The minimum Gasteiger partial charge on any atom is -0.412 e. The van der Waals surface area contributed by atoms with Crippen LogP contribution in [-0.4, -0.2) is 22.2 Å². The summed E-state index contributed by atoms with van der Waals surface area (Å²) in [5.74, 6) is 0. The summed E-state index contributed by atoms with van der Waals surface area (Å²) in [7, 11) is 3.67. The van der Waals surface area contributed by atoms with Gasteiger partial charge in [-0.25, -0.2) is 4.52 Å². The van der Waals surface area contributed by atoms with Gasteiger partial charge in [0.15, 0.2) is 0 Å². The molecule has 0 aromatic carbocycles. The number of rotatable bonds is 4. The van der Waals surface area contributed by atoms with E-state index in [2.05, 4.69) is 45.9 Å². The Morgan fingerprint density at radius 1 is 1.18 bits per heavy atom. The van der Waals surface area contributed by atoms with E-state index in [9.17, 15) is 0 Å². The Bertz CT molecular complexity index is 101. The molecule has 2 N–H and O–H groups in total. The highest BCUT2D eigenvalue weighted by molar-refractivity contribution is 7.38. The zero-order valence-corrected chi connectivity index (χ0v) is 9.55. The molecular weight excluding hydrogens is 178 g/mol. The second-order valence-corrected chi connectivity index (χ2v) is 4.42. The maximum Gasteiger partial charge on any atom is 0.0795 e. The van der Waals surface area contributed by atoms with Crippen LogP contribution in [0.2, 0.25) is 0 Å². The molecule has 68 valence electrons. The third-order valence-electron chi connectivity index (χ3n) is 1.28. The molecule has 0 saturated carbocycles. The van der Waals surface area contributed by atoms with Gasteiger partial charge in [-0.15, -0.1) is 0 Å². The Hall–Kier alpha value is 0.450. The monoisotopic (exact) mass is 196 g/mol. The highest BCUT2D eigenvalue weighted by atomic mass is 31.1. The van der Waals surface area contributed by atoms with E-state index < -0.39 is 0 Å². The van der Waals surface area contributed by atoms with Gasteiger partial charge in [0.25, 0.3) is 0 Å². The van der Waals surface area contributed by atoms with Gasteiger partial charge in [0.05, 0.1) is 8.88 Å². The van der Waals surface area contributed by atoms with E-state index in [-0.39, 0.29) is 5.48 Å². The smallest absolute Gasteiger partial charge is 0.0795 e. The van der Waals surface area contributed by atoms with E-state index in [1.54, 1.807) is 0 Å². The molecule has 0 aliphatic heterocycles. The molecule has 11 heavy (non-hydrogen) atoms. The highest BCUT2D eigenvalue weighted by Gasteiger charge is 2.11. The van der Waals surface area contributed by atoms with Crippen LogP contribution in [0.3, 0.4) is 0 Å². The average Bonchev–Trinajstić information content (AvgIpc) is 1.81. The van der Waals surface area contributed by atoms with E-state index in [0.29, 0.717) is 21.0 Å². The molecule has 0 radical (unpaired) electrons. The first-order valence-corrected chi connectivity index (χ1v) is 4.84. The van der Waals surface area contributed by atoms with Crippen molar-refractivity contribution in [1.82, 2.24) is 4.67 Å². The van der Waals surface area contributed by atoms with Crippen LogP contribution < -0.4 is 0 Å². The average molecular weight is 196 g/mol. The van der Waals surface area contributed by atoms with Crippen molar-refractivity contribution in [2.75, 3.05) is 0 Å². The first-order chi connectivity index (χ1) is 4.59. The minimum atomic E-state index is 0. The lowest BCUT2D eigenvalue weighted by molar-refractivity contribution is 0.329. The van der Waals surface area contributed by atoms with Crippen LogP contribution in [0.1, 0.15) is 27.7 Å². The van der Waals surface area contributed by atoms with Crippen molar-refractivity contribution >= 4 is 17.9 Å². The summed E-state index contributed by atoms with van der Waals surface area (Å²) in [6.07, 6.45) is 0. The van der Waals surface area contributed by atoms with Gasteiger partial charge in [0.2, 0.25) is 0 Å². The normalized spacial score (nSPS) is 11.5. The van der Waals surface area contributed by atoms with Gasteiger partial charge in [-0.3, -0.25) is 4.67 Å². The van der Waals surface area contributed by atoms with Crippen molar-refractivity contribution in [3.8, 4) is 0 Å². The topological polar surface area (TPSA) is 47.1 Å². The summed E-state index contributed by atoms with van der Waals surface area (Å²) in [5.41, 5.74) is 0. The largest absolute Gasteiger partial charge is 0.412 e. The van der Waals surface area contributed by atoms with Crippen LogP contribution in [0.25, 0.3) is 0 Å². The lowest BCUT2D eigenvalue weighted by Crippen LogP contribution is -2.28. The lowest BCUT2D eigenvalue weighted by Gasteiger charge is -2.27. The molecule has 1 atom stereocenters. The van der Waals surface area contributed by atoms with Gasteiger partial charge < -0.3 is 5.48 Å². The maximum atomic E-state index is 3.94. The van der Waals surface area contributed by atoms with Crippen LogP contribution in [-0.2, 0) is 0 Å². The molecule has 0 aromatic heterocycles. The molecule has 0 heterocycles. The third kappa shape index (κ3) is 5.69. The number of nitrogens with zero attached hydrogens (tertiary/aromatic N) is 2. The van der Waals surface area contributed by atoms with E-state index in [0.717, 1.165) is 0 Å². The van der Waals surface area contributed by atoms with Gasteiger partial charge in [-0.1, -0.05) is 0 Å². The quantitative estimate of drug-likeness (QED) is 0.635. The fourth-order valence-corrected chi connectivity index (χ4v) is 1.81. The number of hydrogen-bond acceptors (Lipinski definition) is 2. The first-order valence-electron chi connectivity index (χ1n) is 3.50. The maximum absolute atomic E-state index is 3.94. The molecule has 1 unspecified atom stereocenters. The zero-order chi connectivity index (χ0) is 8.15. The van der Waals surface area contributed by atoms with Crippen molar-refractivity contribution < 1.29 is 5.48 Å². The zero-order valence-electron chi connectivity index (χ0n) is 7.55. The Morgan fingerprint density at radius 2 is 1.55 bits per heavy atom.